The zero-order valence-electron chi connectivity index (χ0n) is 7.68. The van der Waals surface area contributed by atoms with Crippen LogP contribution in [0.4, 0.5) is 4.39 Å². The minimum atomic E-state index is -0.316. The second-order valence-electron chi connectivity index (χ2n) is 3.28. The standard InChI is InChI=1S/C10H12BrFO/c1-7(2)6-13-10-5-8(11)3-4-9(10)12/h3-5,7H,6H2,1-2H3. The quantitative estimate of drug-likeness (QED) is 0.792. The fraction of sp³-hybridized carbons (Fsp3) is 0.400. The fourth-order valence-electron chi connectivity index (χ4n) is 0.844. The molecule has 1 nitrogen and oxygen atoms in total. The van der Waals surface area contributed by atoms with Gasteiger partial charge in [-0.2, -0.15) is 0 Å². The molecular weight excluding hydrogens is 235 g/mol. The predicted octanol–water partition coefficient (Wildman–Crippen LogP) is 3.62. The Balaban J connectivity index is 2.70. The Morgan fingerprint density at radius 1 is 1.46 bits per heavy atom. The maximum Gasteiger partial charge on any atom is 0.165 e. The Morgan fingerprint density at radius 3 is 2.77 bits per heavy atom. The molecule has 1 rings (SSSR count). The van der Waals surface area contributed by atoms with E-state index in [2.05, 4.69) is 15.9 Å². The fourth-order valence-corrected chi connectivity index (χ4v) is 1.18. The molecule has 0 aliphatic heterocycles. The van der Waals surface area contributed by atoms with Gasteiger partial charge in [-0.05, 0) is 24.1 Å². The topological polar surface area (TPSA) is 9.23 Å². The van der Waals surface area contributed by atoms with E-state index in [1.54, 1.807) is 12.1 Å². The van der Waals surface area contributed by atoms with Crippen LogP contribution in [0.3, 0.4) is 0 Å². The molecular formula is C10H12BrFO. The highest BCUT2D eigenvalue weighted by atomic mass is 79.9. The van der Waals surface area contributed by atoms with Crippen LogP contribution >= 0.6 is 15.9 Å². The van der Waals surface area contributed by atoms with Crippen molar-refractivity contribution in [3.63, 3.8) is 0 Å². The first-order valence-corrected chi connectivity index (χ1v) is 4.96. The van der Waals surface area contributed by atoms with E-state index in [-0.39, 0.29) is 5.82 Å². The summed E-state index contributed by atoms with van der Waals surface area (Å²) in [5, 5.41) is 0. The van der Waals surface area contributed by atoms with E-state index < -0.39 is 0 Å². The Kier molecular flexibility index (Phi) is 3.72. The molecule has 0 radical (unpaired) electrons. The highest BCUT2D eigenvalue weighted by molar-refractivity contribution is 9.10. The summed E-state index contributed by atoms with van der Waals surface area (Å²) >= 11 is 3.26. The van der Waals surface area contributed by atoms with Crippen LogP contribution < -0.4 is 4.74 Å². The minimum Gasteiger partial charge on any atom is -0.490 e. The van der Waals surface area contributed by atoms with Gasteiger partial charge >= 0.3 is 0 Å². The van der Waals surface area contributed by atoms with Crippen LogP contribution in [0.15, 0.2) is 22.7 Å². The van der Waals surface area contributed by atoms with Crippen molar-refractivity contribution < 1.29 is 9.13 Å². The van der Waals surface area contributed by atoms with Gasteiger partial charge in [0.1, 0.15) is 0 Å². The summed E-state index contributed by atoms with van der Waals surface area (Å²) < 4.78 is 19.2. The van der Waals surface area contributed by atoms with Gasteiger partial charge in [-0.25, -0.2) is 4.39 Å². The van der Waals surface area contributed by atoms with Gasteiger partial charge in [0.05, 0.1) is 6.61 Å². The number of benzene rings is 1. The van der Waals surface area contributed by atoms with E-state index in [0.717, 1.165) is 4.47 Å². The lowest BCUT2D eigenvalue weighted by Crippen LogP contribution is -2.05. The summed E-state index contributed by atoms with van der Waals surface area (Å²) in [5.41, 5.74) is 0. The Labute approximate surface area is 86.0 Å². The normalized spacial score (nSPS) is 10.5. The summed E-state index contributed by atoms with van der Waals surface area (Å²) in [6, 6.07) is 4.68. The highest BCUT2D eigenvalue weighted by Gasteiger charge is 2.04. The molecule has 0 aliphatic carbocycles. The van der Waals surface area contributed by atoms with E-state index in [0.29, 0.717) is 18.3 Å². The predicted molar refractivity (Wildman–Crippen MR) is 54.4 cm³/mol. The number of hydrogen-bond donors (Lipinski definition) is 0. The lowest BCUT2D eigenvalue weighted by molar-refractivity contribution is 0.259. The van der Waals surface area contributed by atoms with Gasteiger partial charge in [0.25, 0.3) is 0 Å². The zero-order valence-corrected chi connectivity index (χ0v) is 9.27. The summed E-state index contributed by atoms with van der Waals surface area (Å²) in [5.74, 6) is 0.394. The molecule has 0 atom stereocenters. The van der Waals surface area contributed by atoms with Gasteiger partial charge in [-0.1, -0.05) is 29.8 Å². The number of hydrogen-bond acceptors (Lipinski definition) is 1. The molecule has 0 aliphatic rings. The molecule has 72 valence electrons. The largest absolute Gasteiger partial charge is 0.490 e. The van der Waals surface area contributed by atoms with Gasteiger partial charge in [-0.15, -0.1) is 0 Å². The van der Waals surface area contributed by atoms with Crippen LogP contribution in [0.2, 0.25) is 0 Å². The van der Waals surface area contributed by atoms with Crippen LogP contribution in [0, 0.1) is 11.7 Å². The van der Waals surface area contributed by atoms with Crippen molar-refractivity contribution in [2.24, 2.45) is 5.92 Å². The second kappa shape index (κ2) is 4.61. The summed E-state index contributed by atoms with van der Waals surface area (Å²) in [7, 11) is 0. The molecule has 1 aromatic rings. The third-order valence-corrected chi connectivity index (χ3v) is 1.96. The molecule has 13 heavy (non-hydrogen) atoms. The molecule has 0 N–H and O–H groups in total. The van der Waals surface area contributed by atoms with Crippen molar-refractivity contribution in [3.8, 4) is 5.75 Å². The van der Waals surface area contributed by atoms with Gasteiger partial charge in [-0.3, -0.25) is 0 Å². The Bertz CT molecular complexity index is 286. The molecule has 0 aromatic heterocycles. The molecule has 0 amide bonds. The maximum absolute atomic E-state index is 13.1. The average Bonchev–Trinajstić information content (AvgIpc) is 2.06. The van der Waals surface area contributed by atoms with Gasteiger partial charge in [0.2, 0.25) is 0 Å². The first-order chi connectivity index (χ1) is 6.09. The monoisotopic (exact) mass is 246 g/mol. The maximum atomic E-state index is 13.1. The Hall–Kier alpha value is -0.570. The highest BCUT2D eigenvalue weighted by Crippen LogP contribution is 2.22. The first kappa shape index (κ1) is 10.5. The molecule has 0 bridgehead atoms. The van der Waals surface area contributed by atoms with Crippen LogP contribution in [0.1, 0.15) is 13.8 Å². The minimum absolute atomic E-state index is 0.308. The van der Waals surface area contributed by atoms with Crippen molar-refractivity contribution in [2.45, 2.75) is 13.8 Å². The molecule has 0 heterocycles. The molecule has 1 aromatic carbocycles. The lowest BCUT2D eigenvalue weighted by atomic mass is 10.2. The lowest BCUT2D eigenvalue weighted by Gasteiger charge is -2.09. The van der Waals surface area contributed by atoms with E-state index in [4.69, 9.17) is 4.74 Å². The number of halogens is 2. The molecule has 0 saturated carbocycles. The van der Waals surface area contributed by atoms with E-state index >= 15 is 0 Å². The van der Waals surface area contributed by atoms with Crippen molar-refractivity contribution >= 4 is 15.9 Å². The van der Waals surface area contributed by atoms with Crippen LogP contribution in [-0.4, -0.2) is 6.61 Å². The summed E-state index contributed by atoms with van der Waals surface area (Å²) in [4.78, 5) is 0. The molecule has 0 saturated heterocycles. The van der Waals surface area contributed by atoms with Gasteiger partial charge < -0.3 is 4.74 Å². The smallest absolute Gasteiger partial charge is 0.165 e. The van der Waals surface area contributed by atoms with Gasteiger partial charge in [0, 0.05) is 4.47 Å². The molecule has 0 fully saturated rings. The molecule has 3 heteroatoms. The first-order valence-electron chi connectivity index (χ1n) is 4.17. The van der Waals surface area contributed by atoms with Crippen molar-refractivity contribution in [1.82, 2.24) is 0 Å². The summed E-state index contributed by atoms with van der Waals surface area (Å²) in [6.07, 6.45) is 0. The molecule has 0 unspecified atom stereocenters. The van der Waals surface area contributed by atoms with Crippen LogP contribution in [-0.2, 0) is 0 Å². The van der Waals surface area contributed by atoms with Crippen molar-refractivity contribution in [2.75, 3.05) is 6.61 Å². The average molecular weight is 247 g/mol. The van der Waals surface area contributed by atoms with E-state index in [9.17, 15) is 4.39 Å². The molecule has 0 spiro atoms. The van der Waals surface area contributed by atoms with Crippen molar-refractivity contribution in [1.29, 1.82) is 0 Å². The van der Waals surface area contributed by atoms with Gasteiger partial charge in [0.15, 0.2) is 11.6 Å². The number of rotatable bonds is 3. The van der Waals surface area contributed by atoms with E-state index in [1.807, 2.05) is 13.8 Å². The van der Waals surface area contributed by atoms with E-state index in [1.165, 1.54) is 6.07 Å². The van der Waals surface area contributed by atoms with Crippen LogP contribution in [0.25, 0.3) is 0 Å². The third-order valence-electron chi connectivity index (χ3n) is 1.47. The number of ether oxygens (including phenoxy) is 1. The SMILES string of the molecule is CC(C)COc1cc(Br)ccc1F. The third kappa shape index (κ3) is 3.35. The summed E-state index contributed by atoms with van der Waals surface area (Å²) in [6.45, 7) is 4.58. The van der Waals surface area contributed by atoms with Crippen molar-refractivity contribution in [3.05, 3.63) is 28.5 Å². The zero-order chi connectivity index (χ0) is 9.84. The Morgan fingerprint density at radius 2 is 2.15 bits per heavy atom. The second-order valence-corrected chi connectivity index (χ2v) is 4.20. The van der Waals surface area contributed by atoms with Crippen LogP contribution in [0.5, 0.6) is 5.75 Å².